The number of amides is 1. The summed E-state index contributed by atoms with van der Waals surface area (Å²) in [6, 6.07) is 4.32. The van der Waals surface area contributed by atoms with Crippen molar-refractivity contribution in [3.63, 3.8) is 0 Å². The molecule has 1 fully saturated rings. The van der Waals surface area contributed by atoms with Crippen molar-refractivity contribution in [1.82, 2.24) is 4.90 Å². The lowest BCUT2D eigenvalue weighted by atomic mass is 9.93. The van der Waals surface area contributed by atoms with Crippen LogP contribution in [0.15, 0.2) is 18.2 Å². The highest BCUT2D eigenvalue weighted by Crippen LogP contribution is 2.25. The normalized spacial score (nSPS) is 17.8. The number of rotatable bonds is 3. The van der Waals surface area contributed by atoms with E-state index < -0.39 is 5.60 Å². The molecule has 5 nitrogen and oxygen atoms in total. The number of ether oxygens (including phenoxy) is 1. The summed E-state index contributed by atoms with van der Waals surface area (Å²) < 4.78 is 5.21. The number of phenolic OH excluding ortho intramolecular Hbond substituents is 1. The summed E-state index contributed by atoms with van der Waals surface area (Å²) in [5.41, 5.74) is -0.799. The first-order valence-electron chi connectivity index (χ1n) is 6.45. The standard InChI is InChI=1S/C14H18ClNO4/c1-16(9-14(19)4-6-20-7-5-14)13(18)11-8-10(15)2-3-12(11)17/h2-3,8,17,19H,4-7,9H2,1H3. The number of hydrogen-bond acceptors (Lipinski definition) is 4. The van der Waals surface area contributed by atoms with Crippen molar-refractivity contribution in [3.05, 3.63) is 28.8 Å². The Morgan fingerprint density at radius 1 is 1.45 bits per heavy atom. The van der Waals surface area contributed by atoms with Gasteiger partial charge in [0.2, 0.25) is 0 Å². The minimum absolute atomic E-state index is 0.120. The average molecular weight is 300 g/mol. The van der Waals surface area contributed by atoms with Crippen molar-refractivity contribution in [2.75, 3.05) is 26.8 Å². The van der Waals surface area contributed by atoms with Gasteiger partial charge in [0.05, 0.1) is 11.2 Å². The van der Waals surface area contributed by atoms with Gasteiger partial charge in [-0.3, -0.25) is 4.79 Å². The van der Waals surface area contributed by atoms with Gasteiger partial charge in [-0.1, -0.05) is 11.6 Å². The second kappa shape index (κ2) is 5.99. The molecule has 0 aliphatic carbocycles. The van der Waals surface area contributed by atoms with E-state index in [1.165, 1.54) is 23.1 Å². The maximum atomic E-state index is 12.3. The van der Waals surface area contributed by atoms with E-state index in [4.69, 9.17) is 16.3 Å². The Balaban J connectivity index is 2.10. The van der Waals surface area contributed by atoms with Crippen LogP contribution >= 0.6 is 11.6 Å². The van der Waals surface area contributed by atoms with Crippen LogP contribution in [0.3, 0.4) is 0 Å². The molecule has 1 saturated heterocycles. The van der Waals surface area contributed by atoms with E-state index in [0.717, 1.165) is 0 Å². The fourth-order valence-electron chi connectivity index (χ4n) is 2.31. The van der Waals surface area contributed by atoms with E-state index in [9.17, 15) is 15.0 Å². The molecule has 0 radical (unpaired) electrons. The molecule has 1 amide bonds. The zero-order chi connectivity index (χ0) is 14.8. The molecule has 110 valence electrons. The molecule has 0 atom stereocenters. The predicted octanol–water partition coefficient (Wildman–Crippen LogP) is 1.66. The summed E-state index contributed by atoms with van der Waals surface area (Å²) in [5.74, 6) is -0.491. The molecular weight excluding hydrogens is 282 g/mol. The number of carbonyl (C=O) groups is 1. The highest BCUT2D eigenvalue weighted by molar-refractivity contribution is 6.31. The lowest BCUT2D eigenvalue weighted by Gasteiger charge is -2.35. The van der Waals surface area contributed by atoms with Crippen molar-refractivity contribution >= 4 is 17.5 Å². The number of benzene rings is 1. The molecular formula is C14H18ClNO4. The number of halogens is 1. The first kappa shape index (κ1) is 15.1. The van der Waals surface area contributed by atoms with E-state index in [1.54, 1.807) is 7.05 Å². The first-order valence-corrected chi connectivity index (χ1v) is 6.83. The zero-order valence-electron chi connectivity index (χ0n) is 11.3. The Morgan fingerprint density at radius 3 is 2.75 bits per heavy atom. The molecule has 2 N–H and O–H groups in total. The second-order valence-corrected chi connectivity index (χ2v) is 5.60. The van der Waals surface area contributed by atoms with Crippen LogP contribution in [0.5, 0.6) is 5.75 Å². The van der Waals surface area contributed by atoms with Crippen LogP contribution < -0.4 is 0 Å². The van der Waals surface area contributed by atoms with Gasteiger partial charge in [0.15, 0.2) is 0 Å². The van der Waals surface area contributed by atoms with Crippen LogP contribution in [-0.2, 0) is 4.74 Å². The molecule has 1 aliphatic heterocycles. The van der Waals surface area contributed by atoms with Crippen LogP contribution in [0.25, 0.3) is 0 Å². The second-order valence-electron chi connectivity index (χ2n) is 5.16. The van der Waals surface area contributed by atoms with Gasteiger partial charge in [-0.2, -0.15) is 0 Å². The van der Waals surface area contributed by atoms with E-state index in [1.807, 2.05) is 0 Å². The summed E-state index contributed by atoms with van der Waals surface area (Å²) in [5, 5.41) is 20.5. The summed E-state index contributed by atoms with van der Waals surface area (Å²) in [6.07, 6.45) is 0.984. The van der Waals surface area contributed by atoms with E-state index in [2.05, 4.69) is 0 Å². The van der Waals surface area contributed by atoms with Crippen LogP contribution in [0.1, 0.15) is 23.2 Å². The SMILES string of the molecule is CN(CC1(O)CCOCC1)C(=O)c1cc(Cl)ccc1O. The Bertz CT molecular complexity index is 500. The molecule has 1 aliphatic rings. The van der Waals surface area contributed by atoms with Gasteiger partial charge in [0.25, 0.3) is 5.91 Å². The van der Waals surface area contributed by atoms with Crippen molar-refractivity contribution in [3.8, 4) is 5.75 Å². The largest absolute Gasteiger partial charge is 0.507 e. The summed E-state index contributed by atoms with van der Waals surface area (Å²) >= 11 is 5.84. The van der Waals surface area contributed by atoms with Gasteiger partial charge in [-0.25, -0.2) is 0 Å². The Kier molecular flexibility index (Phi) is 4.52. The molecule has 6 heteroatoms. The van der Waals surface area contributed by atoms with Crippen molar-refractivity contribution < 1.29 is 19.7 Å². The molecule has 1 aromatic carbocycles. The van der Waals surface area contributed by atoms with Crippen LogP contribution in [0.4, 0.5) is 0 Å². The van der Waals surface area contributed by atoms with Gasteiger partial charge < -0.3 is 19.8 Å². The van der Waals surface area contributed by atoms with Crippen molar-refractivity contribution in [2.45, 2.75) is 18.4 Å². The molecule has 0 bridgehead atoms. The van der Waals surface area contributed by atoms with Gasteiger partial charge in [-0.05, 0) is 18.2 Å². The topological polar surface area (TPSA) is 70.0 Å². The number of phenols is 1. The first-order chi connectivity index (χ1) is 9.41. The van der Waals surface area contributed by atoms with E-state index in [-0.39, 0.29) is 23.8 Å². The minimum Gasteiger partial charge on any atom is -0.507 e. The third-order valence-corrected chi connectivity index (χ3v) is 3.73. The summed E-state index contributed by atoms with van der Waals surface area (Å²) in [7, 11) is 1.59. The lowest BCUT2D eigenvalue weighted by molar-refractivity contribution is -0.0734. The lowest BCUT2D eigenvalue weighted by Crippen LogP contribution is -2.47. The molecule has 20 heavy (non-hydrogen) atoms. The number of carbonyl (C=O) groups excluding carboxylic acids is 1. The number of hydrogen-bond donors (Lipinski definition) is 2. The number of aromatic hydroxyl groups is 1. The van der Waals surface area contributed by atoms with Gasteiger partial charge in [-0.15, -0.1) is 0 Å². The van der Waals surface area contributed by atoms with Gasteiger partial charge in [0.1, 0.15) is 5.75 Å². The van der Waals surface area contributed by atoms with Crippen LogP contribution in [0, 0.1) is 0 Å². The minimum atomic E-state index is -0.934. The molecule has 0 saturated carbocycles. The predicted molar refractivity (Wildman–Crippen MR) is 75.1 cm³/mol. The highest BCUT2D eigenvalue weighted by Gasteiger charge is 2.33. The maximum Gasteiger partial charge on any atom is 0.257 e. The maximum absolute atomic E-state index is 12.3. The monoisotopic (exact) mass is 299 g/mol. The van der Waals surface area contributed by atoms with Crippen LogP contribution in [0.2, 0.25) is 5.02 Å². The molecule has 2 rings (SSSR count). The van der Waals surface area contributed by atoms with Crippen LogP contribution in [-0.4, -0.2) is 53.4 Å². The molecule has 0 spiro atoms. The van der Waals surface area contributed by atoms with E-state index >= 15 is 0 Å². The fraction of sp³-hybridized carbons (Fsp3) is 0.500. The quantitative estimate of drug-likeness (QED) is 0.890. The Hall–Kier alpha value is -1.30. The third kappa shape index (κ3) is 3.42. The van der Waals surface area contributed by atoms with Crippen molar-refractivity contribution in [2.24, 2.45) is 0 Å². The smallest absolute Gasteiger partial charge is 0.257 e. The van der Waals surface area contributed by atoms with E-state index in [0.29, 0.717) is 31.1 Å². The zero-order valence-corrected chi connectivity index (χ0v) is 12.1. The molecule has 0 unspecified atom stereocenters. The van der Waals surface area contributed by atoms with Gasteiger partial charge >= 0.3 is 0 Å². The average Bonchev–Trinajstić information content (AvgIpc) is 2.41. The molecule has 1 aromatic rings. The summed E-state index contributed by atoms with van der Waals surface area (Å²) in [6.45, 7) is 1.17. The molecule has 1 heterocycles. The highest BCUT2D eigenvalue weighted by atomic mass is 35.5. The van der Waals surface area contributed by atoms with Gasteiger partial charge in [0, 0.05) is 44.7 Å². The summed E-state index contributed by atoms with van der Waals surface area (Å²) in [4.78, 5) is 13.7. The van der Waals surface area contributed by atoms with Crippen molar-refractivity contribution in [1.29, 1.82) is 0 Å². The Labute approximate surface area is 122 Å². The third-order valence-electron chi connectivity index (χ3n) is 3.49. The fourth-order valence-corrected chi connectivity index (χ4v) is 2.48. The number of aliphatic hydroxyl groups is 1. The number of nitrogens with zero attached hydrogens (tertiary/aromatic N) is 1. The molecule has 0 aromatic heterocycles. The Morgan fingerprint density at radius 2 is 2.10 bits per heavy atom. The number of likely N-dealkylation sites (N-methyl/N-ethyl adjacent to an activating group) is 1.